The predicted molar refractivity (Wildman–Crippen MR) is 137 cm³/mol. The quantitative estimate of drug-likeness (QED) is 0.351. The predicted octanol–water partition coefficient (Wildman–Crippen LogP) is 6.74. The SMILES string of the molecule is CN(C)CC1(c2cccc(F)n2)C[C@H]2CC[C@@H](C1)N2C(c1ccccc1Cl)c1ccccc1Cl. The zero-order chi connectivity index (χ0) is 23.9. The van der Waals surface area contributed by atoms with Crippen molar-refractivity contribution in [1.29, 1.82) is 0 Å². The van der Waals surface area contributed by atoms with Crippen LogP contribution in [0.2, 0.25) is 10.0 Å². The van der Waals surface area contributed by atoms with E-state index in [4.69, 9.17) is 23.2 Å². The number of likely N-dealkylation sites (N-methyl/N-ethyl adjacent to an activating group) is 1. The maximum absolute atomic E-state index is 14.2. The van der Waals surface area contributed by atoms with Crippen molar-refractivity contribution in [2.45, 2.75) is 49.2 Å². The number of hydrogen-bond acceptors (Lipinski definition) is 3. The molecular formula is C28H30Cl2FN3. The average Bonchev–Trinajstić information content (AvgIpc) is 3.06. The maximum atomic E-state index is 14.2. The number of halogens is 3. The van der Waals surface area contributed by atoms with Crippen LogP contribution in [-0.2, 0) is 5.41 Å². The van der Waals surface area contributed by atoms with Gasteiger partial charge in [-0.05, 0) is 75.2 Å². The van der Waals surface area contributed by atoms with Crippen molar-refractivity contribution < 1.29 is 4.39 Å². The lowest BCUT2D eigenvalue weighted by molar-refractivity contribution is 0.0446. The summed E-state index contributed by atoms with van der Waals surface area (Å²) in [4.78, 5) is 9.22. The molecule has 0 spiro atoms. The highest BCUT2D eigenvalue weighted by atomic mass is 35.5. The first-order valence-electron chi connectivity index (χ1n) is 11.9. The van der Waals surface area contributed by atoms with Gasteiger partial charge in [-0.3, -0.25) is 4.90 Å². The van der Waals surface area contributed by atoms with Crippen molar-refractivity contribution in [1.82, 2.24) is 14.8 Å². The highest BCUT2D eigenvalue weighted by Gasteiger charge is 2.52. The summed E-state index contributed by atoms with van der Waals surface area (Å²) >= 11 is 13.5. The van der Waals surface area contributed by atoms with E-state index in [-0.39, 0.29) is 11.5 Å². The molecule has 2 fully saturated rings. The number of fused-ring (bicyclic) bond motifs is 2. The van der Waals surface area contributed by atoms with Gasteiger partial charge in [-0.25, -0.2) is 4.98 Å². The van der Waals surface area contributed by atoms with Gasteiger partial charge in [0.1, 0.15) is 0 Å². The molecule has 0 aliphatic carbocycles. The lowest BCUT2D eigenvalue weighted by Crippen LogP contribution is -2.54. The topological polar surface area (TPSA) is 19.4 Å². The Balaban J connectivity index is 1.59. The van der Waals surface area contributed by atoms with Crippen molar-refractivity contribution in [3.8, 4) is 0 Å². The van der Waals surface area contributed by atoms with E-state index in [1.54, 1.807) is 6.07 Å². The highest BCUT2D eigenvalue weighted by molar-refractivity contribution is 6.32. The maximum Gasteiger partial charge on any atom is 0.213 e. The normalized spacial score (nSPS) is 24.8. The smallest absolute Gasteiger partial charge is 0.213 e. The van der Waals surface area contributed by atoms with Gasteiger partial charge < -0.3 is 4.90 Å². The van der Waals surface area contributed by atoms with Crippen LogP contribution in [0, 0.1) is 5.95 Å². The summed E-state index contributed by atoms with van der Waals surface area (Å²) in [7, 11) is 4.18. The van der Waals surface area contributed by atoms with E-state index >= 15 is 0 Å². The molecule has 178 valence electrons. The Hall–Kier alpha value is -1.98. The van der Waals surface area contributed by atoms with Crippen molar-refractivity contribution in [2.75, 3.05) is 20.6 Å². The number of nitrogens with zero attached hydrogens (tertiary/aromatic N) is 3. The molecule has 2 bridgehead atoms. The second kappa shape index (κ2) is 9.58. The number of benzene rings is 2. The summed E-state index contributed by atoms with van der Waals surface area (Å²) in [5, 5.41) is 1.51. The Morgan fingerprint density at radius 1 is 0.912 bits per heavy atom. The largest absolute Gasteiger partial charge is 0.308 e. The van der Waals surface area contributed by atoms with Gasteiger partial charge in [0.25, 0.3) is 0 Å². The second-order valence-electron chi connectivity index (χ2n) is 10.0. The van der Waals surface area contributed by atoms with Crippen LogP contribution in [0.15, 0.2) is 66.7 Å². The molecule has 3 nitrogen and oxygen atoms in total. The molecule has 5 rings (SSSR count). The Morgan fingerprint density at radius 3 is 1.97 bits per heavy atom. The minimum atomic E-state index is -0.407. The van der Waals surface area contributed by atoms with Gasteiger partial charge in [0.05, 0.1) is 11.7 Å². The molecular weight excluding hydrogens is 468 g/mol. The monoisotopic (exact) mass is 497 g/mol. The van der Waals surface area contributed by atoms with Crippen LogP contribution >= 0.6 is 23.2 Å². The lowest BCUT2D eigenvalue weighted by atomic mass is 9.71. The third kappa shape index (κ3) is 4.37. The number of pyridine rings is 1. The standard InChI is InChI=1S/C28H30Cl2FN3/c1-33(2)18-28(25-12-7-13-26(31)32-25)16-19-14-15-20(17-28)34(19)27(21-8-3-5-10-23(21)29)22-9-4-6-11-24(22)30/h3-13,19-20,27H,14-18H2,1-2H3/t19-,20+,28?. The van der Waals surface area contributed by atoms with E-state index in [1.807, 2.05) is 42.5 Å². The molecule has 2 aliphatic rings. The molecule has 0 saturated carbocycles. The molecule has 0 amide bonds. The van der Waals surface area contributed by atoms with Gasteiger partial charge in [0.15, 0.2) is 0 Å². The molecule has 34 heavy (non-hydrogen) atoms. The van der Waals surface area contributed by atoms with Crippen molar-refractivity contribution >= 4 is 23.2 Å². The Morgan fingerprint density at radius 2 is 1.47 bits per heavy atom. The molecule has 2 saturated heterocycles. The van der Waals surface area contributed by atoms with Gasteiger partial charge in [0.2, 0.25) is 5.95 Å². The lowest BCUT2D eigenvalue weighted by Gasteiger charge is -2.50. The summed E-state index contributed by atoms with van der Waals surface area (Å²) in [5.41, 5.74) is 2.83. The van der Waals surface area contributed by atoms with E-state index in [1.165, 1.54) is 6.07 Å². The molecule has 3 atom stereocenters. The van der Waals surface area contributed by atoms with Crippen LogP contribution < -0.4 is 0 Å². The van der Waals surface area contributed by atoms with E-state index in [0.29, 0.717) is 12.1 Å². The second-order valence-corrected chi connectivity index (χ2v) is 10.9. The van der Waals surface area contributed by atoms with Gasteiger partial charge in [-0.15, -0.1) is 0 Å². The summed E-state index contributed by atoms with van der Waals surface area (Å²) in [6.07, 6.45) is 4.04. The van der Waals surface area contributed by atoms with E-state index in [0.717, 1.165) is 59.1 Å². The van der Waals surface area contributed by atoms with E-state index in [2.05, 4.69) is 41.0 Å². The molecule has 0 radical (unpaired) electrons. The molecule has 2 aromatic carbocycles. The third-order valence-electron chi connectivity index (χ3n) is 7.50. The Kier molecular flexibility index (Phi) is 6.69. The fraction of sp³-hybridized carbons (Fsp3) is 0.393. The van der Waals surface area contributed by atoms with Crippen LogP contribution in [0.5, 0.6) is 0 Å². The van der Waals surface area contributed by atoms with Crippen molar-refractivity contribution in [3.05, 3.63) is 99.5 Å². The number of hydrogen-bond donors (Lipinski definition) is 0. The van der Waals surface area contributed by atoms with Crippen LogP contribution in [0.25, 0.3) is 0 Å². The van der Waals surface area contributed by atoms with Gasteiger partial charge in [0, 0.05) is 34.1 Å². The minimum Gasteiger partial charge on any atom is -0.308 e. The fourth-order valence-corrected chi connectivity index (χ4v) is 6.89. The minimum absolute atomic E-state index is 0.0299. The van der Waals surface area contributed by atoms with Crippen molar-refractivity contribution in [2.24, 2.45) is 0 Å². The zero-order valence-electron chi connectivity index (χ0n) is 19.6. The van der Waals surface area contributed by atoms with Gasteiger partial charge >= 0.3 is 0 Å². The summed E-state index contributed by atoms with van der Waals surface area (Å²) in [6.45, 7) is 0.840. The third-order valence-corrected chi connectivity index (χ3v) is 8.19. The van der Waals surface area contributed by atoms with E-state index in [9.17, 15) is 4.39 Å². The van der Waals surface area contributed by atoms with Crippen LogP contribution in [0.3, 0.4) is 0 Å². The van der Waals surface area contributed by atoms with Gasteiger partial charge in [-0.1, -0.05) is 65.7 Å². The first kappa shape index (κ1) is 23.7. The highest BCUT2D eigenvalue weighted by Crippen LogP contribution is 2.52. The van der Waals surface area contributed by atoms with Crippen molar-refractivity contribution in [3.63, 3.8) is 0 Å². The van der Waals surface area contributed by atoms with Crippen LogP contribution in [-0.4, -0.2) is 47.5 Å². The van der Waals surface area contributed by atoms with Crippen LogP contribution in [0.1, 0.15) is 48.5 Å². The molecule has 0 N–H and O–H groups in total. The number of rotatable bonds is 6. The number of aromatic nitrogens is 1. The first-order valence-corrected chi connectivity index (χ1v) is 12.7. The molecule has 3 aromatic rings. The summed E-state index contributed by atoms with van der Waals surface area (Å²) in [6, 6.07) is 22.0. The molecule has 1 unspecified atom stereocenters. The number of piperidine rings is 1. The Labute approximate surface area is 211 Å². The summed E-state index contributed by atoms with van der Waals surface area (Å²) < 4.78 is 14.2. The first-order chi connectivity index (χ1) is 16.4. The molecule has 3 heterocycles. The van der Waals surface area contributed by atoms with Gasteiger partial charge in [-0.2, -0.15) is 4.39 Å². The molecule has 2 aliphatic heterocycles. The molecule has 6 heteroatoms. The molecule has 1 aromatic heterocycles. The fourth-order valence-electron chi connectivity index (χ4n) is 6.41. The van der Waals surface area contributed by atoms with E-state index < -0.39 is 5.95 Å². The summed E-state index contributed by atoms with van der Waals surface area (Å²) in [5.74, 6) is -0.407. The average molecular weight is 498 g/mol. The van der Waals surface area contributed by atoms with Crippen LogP contribution in [0.4, 0.5) is 4.39 Å². The Bertz CT molecular complexity index is 1110. The zero-order valence-corrected chi connectivity index (χ0v) is 21.1.